The molecule has 1 aromatic heterocycles. The van der Waals surface area contributed by atoms with Crippen LogP contribution in [0.5, 0.6) is 5.75 Å². The van der Waals surface area contributed by atoms with Gasteiger partial charge in [0.25, 0.3) is 0 Å². The Morgan fingerprint density at radius 1 is 1.21 bits per heavy atom. The third-order valence-corrected chi connectivity index (χ3v) is 5.19. The zero-order chi connectivity index (χ0) is 19.5. The number of hydrogen-bond donors (Lipinski definition) is 1. The number of anilines is 2. The summed E-state index contributed by atoms with van der Waals surface area (Å²) in [6.07, 6.45) is 0.240. The first-order valence-electron chi connectivity index (χ1n) is 8.95. The molecule has 0 saturated carbocycles. The molecule has 6 nitrogen and oxygen atoms in total. The largest absolute Gasteiger partial charge is 0.491 e. The van der Waals surface area contributed by atoms with Crippen LogP contribution in [0.1, 0.15) is 11.4 Å². The highest BCUT2D eigenvalue weighted by Crippen LogP contribution is 2.31. The highest BCUT2D eigenvalue weighted by atomic mass is 32.1. The van der Waals surface area contributed by atoms with E-state index in [0.29, 0.717) is 23.7 Å². The molecule has 1 aliphatic heterocycles. The fourth-order valence-electron chi connectivity index (χ4n) is 3.06. The van der Waals surface area contributed by atoms with E-state index in [1.807, 2.05) is 48.7 Å². The first-order chi connectivity index (χ1) is 13.6. The summed E-state index contributed by atoms with van der Waals surface area (Å²) in [7, 11) is 0. The van der Waals surface area contributed by atoms with Crippen LogP contribution >= 0.6 is 11.3 Å². The number of thiazole rings is 1. The van der Waals surface area contributed by atoms with E-state index >= 15 is 0 Å². The number of ether oxygens (including phenoxy) is 1. The number of para-hydroxylation sites is 2. The van der Waals surface area contributed by atoms with E-state index in [2.05, 4.69) is 10.3 Å². The minimum Gasteiger partial charge on any atom is -0.491 e. The quantitative estimate of drug-likeness (QED) is 0.730. The number of carbonyl (C=O) groups is 2. The number of rotatable bonds is 4. The second kappa shape index (κ2) is 7.82. The van der Waals surface area contributed by atoms with Crippen molar-refractivity contribution in [3.63, 3.8) is 0 Å². The maximum Gasteiger partial charge on any atom is 0.244 e. The van der Waals surface area contributed by atoms with E-state index < -0.39 is 0 Å². The van der Waals surface area contributed by atoms with Crippen molar-refractivity contribution in [1.29, 1.82) is 0 Å². The summed E-state index contributed by atoms with van der Waals surface area (Å²) < 4.78 is 5.61. The third kappa shape index (κ3) is 3.89. The van der Waals surface area contributed by atoms with Crippen LogP contribution in [-0.4, -0.2) is 29.9 Å². The van der Waals surface area contributed by atoms with Gasteiger partial charge in [0.15, 0.2) is 0 Å². The Labute approximate surface area is 166 Å². The number of nitrogens with one attached hydrogen (secondary N) is 1. The highest BCUT2D eigenvalue weighted by Gasteiger charge is 2.25. The number of benzene rings is 2. The van der Waals surface area contributed by atoms with Gasteiger partial charge in [-0.2, -0.15) is 0 Å². The smallest absolute Gasteiger partial charge is 0.244 e. The van der Waals surface area contributed by atoms with Gasteiger partial charge >= 0.3 is 0 Å². The molecule has 7 heteroatoms. The van der Waals surface area contributed by atoms with Crippen LogP contribution in [-0.2, 0) is 9.59 Å². The van der Waals surface area contributed by atoms with Gasteiger partial charge in [-0.1, -0.05) is 24.3 Å². The van der Waals surface area contributed by atoms with Gasteiger partial charge in [0.1, 0.15) is 12.3 Å². The molecule has 2 heterocycles. The van der Waals surface area contributed by atoms with Crippen molar-refractivity contribution >= 4 is 34.5 Å². The standard InChI is InChI=1S/C21H19N3O3S/c1-14-22-17(13-28-14)15-6-8-16(9-7-15)23-20(25)12-24-18-4-2-3-5-19(18)27-11-10-21(24)26/h2-9,13H,10-12H2,1H3,(H,23,25). The molecule has 1 N–H and O–H groups in total. The van der Waals surface area contributed by atoms with E-state index in [0.717, 1.165) is 16.3 Å². The summed E-state index contributed by atoms with van der Waals surface area (Å²) in [5.41, 5.74) is 3.21. The number of nitrogens with zero attached hydrogens (tertiary/aromatic N) is 2. The molecule has 0 spiro atoms. The first kappa shape index (κ1) is 18.2. The lowest BCUT2D eigenvalue weighted by atomic mass is 10.1. The zero-order valence-electron chi connectivity index (χ0n) is 15.3. The number of carbonyl (C=O) groups excluding carboxylic acids is 2. The van der Waals surface area contributed by atoms with Gasteiger partial charge in [-0.05, 0) is 31.2 Å². The van der Waals surface area contributed by atoms with Gasteiger partial charge in [-0.15, -0.1) is 11.3 Å². The van der Waals surface area contributed by atoms with Crippen molar-refractivity contribution in [1.82, 2.24) is 4.98 Å². The Kier molecular flexibility index (Phi) is 5.08. The van der Waals surface area contributed by atoms with Gasteiger partial charge in [0.05, 0.1) is 29.4 Å². The van der Waals surface area contributed by atoms with Crippen LogP contribution in [0, 0.1) is 6.92 Å². The van der Waals surface area contributed by atoms with Crippen molar-refractivity contribution in [3.8, 4) is 17.0 Å². The lowest BCUT2D eigenvalue weighted by Crippen LogP contribution is -2.37. The fourth-order valence-corrected chi connectivity index (χ4v) is 3.68. The Hall–Kier alpha value is -3.19. The molecule has 0 radical (unpaired) electrons. The third-order valence-electron chi connectivity index (χ3n) is 4.42. The molecule has 4 rings (SSSR count). The van der Waals surface area contributed by atoms with Crippen LogP contribution in [0.4, 0.5) is 11.4 Å². The fraction of sp³-hybridized carbons (Fsp3) is 0.190. The summed E-state index contributed by atoms with van der Waals surface area (Å²) in [6, 6.07) is 14.8. The average Bonchev–Trinajstić information content (AvgIpc) is 3.07. The van der Waals surface area contributed by atoms with Gasteiger partial charge in [-0.25, -0.2) is 4.98 Å². The number of hydrogen-bond acceptors (Lipinski definition) is 5. The molecule has 2 amide bonds. The Bertz CT molecular complexity index is 1010. The minimum absolute atomic E-state index is 0.0633. The van der Waals surface area contributed by atoms with Crippen molar-refractivity contribution in [2.45, 2.75) is 13.3 Å². The van der Waals surface area contributed by atoms with Crippen molar-refractivity contribution in [2.24, 2.45) is 0 Å². The molecule has 0 fully saturated rings. The van der Waals surface area contributed by atoms with Crippen LogP contribution in [0.25, 0.3) is 11.3 Å². The van der Waals surface area contributed by atoms with E-state index in [1.54, 1.807) is 23.5 Å². The number of amides is 2. The maximum absolute atomic E-state index is 12.6. The van der Waals surface area contributed by atoms with Crippen LogP contribution in [0.2, 0.25) is 0 Å². The van der Waals surface area contributed by atoms with E-state index in [9.17, 15) is 9.59 Å². The van der Waals surface area contributed by atoms with Crippen LogP contribution in [0.3, 0.4) is 0 Å². The molecule has 0 atom stereocenters. The SMILES string of the molecule is Cc1nc(-c2ccc(NC(=O)CN3C(=O)CCOc4ccccc43)cc2)cs1. The van der Waals surface area contributed by atoms with Crippen LogP contribution in [0.15, 0.2) is 53.9 Å². The van der Waals surface area contributed by atoms with Crippen molar-refractivity contribution in [3.05, 3.63) is 58.9 Å². The lowest BCUT2D eigenvalue weighted by molar-refractivity contribution is -0.121. The predicted molar refractivity (Wildman–Crippen MR) is 110 cm³/mol. The average molecular weight is 393 g/mol. The molecule has 28 heavy (non-hydrogen) atoms. The molecule has 0 bridgehead atoms. The van der Waals surface area contributed by atoms with E-state index in [4.69, 9.17) is 4.74 Å². The number of fused-ring (bicyclic) bond motifs is 1. The maximum atomic E-state index is 12.6. The normalized spacial score (nSPS) is 13.5. The summed E-state index contributed by atoms with van der Waals surface area (Å²) in [5, 5.41) is 5.87. The Morgan fingerprint density at radius 2 is 2.00 bits per heavy atom. The van der Waals surface area contributed by atoms with E-state index in [1.165, 1.54) is 4.90 Å². The molecule has 0 aliphatic carbocycles. The molecule has 142 valence electrons. The molecule has 0 saturated heterocycles. The monoisotopic (exact) mass is 393 g/mol. The van der Waals surface area contributed by atoms with Gasteiger partial charge in [0.2, 0.25) is 11.8 Å². The lowest BCUT2D eigenvalue weighted by Gasteiger charge is -2.21. The van der Waals surface area contributed by atoms with Gasteiger partial charge < -0.3 is 10.1 Å². The van der Waals surface area contributed by atoms with Gasteiger partial charge in [0, 0.05) is 16.6 Å². The topological polar surface area (TPSA) is 71.5 Å². The summed E-state index contributed by atoms with van der Waals surface area (Å²) in [6.45, 7) is 2.22. The van der Waals surface area contributed by atoms with Gasteiger partial charge in [-0.3, -0.25) is 14.5 Å². The molecular weight excluding hydrogens is 374 g/mol. The molecule has 1 aliphatic rings. The summed E-state index contributed by atoms with van der Waals surface area (Å²) in [5.74, 6) is 0.223. The highest BCUT2D eigenvalue weighted by molar-refractivity contribution is 7.09. The molecule has 0 unspecified atom stereocenters. The summed E-state index contributed by atoms with van der Waals surface area (Å²) in [4.78, 5) is 30.9. The van der Waals surface area contributed by atoms with Crippen molar-refractivity contribution in [2.75, 3.05) is 23.4 Å². The Balaban J connectivity index is 1.46. The first-order valence-corrected chi connectivity index (χ1v) is 9.83. The minimum atomic E-state index is -0.262. The summed E-state index contributed by atoms with van der Waals surface area (Å²) >= 11 is 1.60. The number of aromatic nitrogens is 1. The molecule has 2 aromatic carbocycles. The number of aryl methyl sites for hydroxylation is 1. The predicted octanol–water partition coefficient (Wildman–Crippen LogP) is 3.87. The van der Waals surface area contributed by atoms with Crippen LogP contribution < -0.4 is 15.0 Å². The van der Waals surface area contributed by atoms with E-state index in [-0.39, 0.29) is 24.8 Å². The Morgan fingerprint density at radius 3 is 2.75 bits per heavy atom. The second-order valence-corrected chi connectivity index (χ2v) is 7.49. The molecule has 3 aromatic rings. The zero-order valence-corrected chi connectivity index (χ0v) is 16.2. The van der Waals surface area contributed by atoms with Crippen molar-refractivity contribution < 1.29 is 14.3 Å². The second-order valence-electron chi connectivity index (χ2n) is 6.42. The molecular formula is C21H19N3O3S.